The summed E-state index contributed by atoms with van der Waals surface area (Å²) in [5.41, 5.74) is 3.16. The highest BCUT2D eigenvalue weighted by atomic mass is 35.5. The van der Waals surface area contributed by atoms with E-state index in [4.69, 9.17) is 11.6 Å². The average Bonchev–Trinajstić information content (AvgIpc) is 3.10. The van der Waals surface area contributed by atoms with E-state index in [1.165, 1.54) is 10.6 Å². The van der Waals surface area contributed by atoms with E-state index in [0.29, 0.717) is 27.2 Å². The largest absolute Gasteiger partial charge is 0.405 e. The zero-order chi connectivity index (χ0) is 24.9. The van der Waals surface area contributed by atoms with Crippen molar-refractivity contribution in [3.63, 3.8) is 0 Å². The molecule has 0 atom stereocenters. The van der Waals surface area contributed by atoms with Crippen molar-refractivity contribution in [3.05, 3.63) is 81.9 Å². The highest BCUT2D eigenvalue weighted by molar-refractivity contribution is 6.30. The van der Waals surface area contributed by atoms with Crippen LogP contribution in [-0.2, 0) is 7.05 Å². The van der Waals surface area contributed by atoms with E-state index >= 15 is 0 Å². The van der Waals surface area contributed by atoms with Crippen LogP contribution in [0.25, 0.3) is 38.9 Å². The van der Waals surface area contributed by atoms with Gasteiger partial charge in [0.25, 0.3) is 5.56 Å². The van der Waals surface area contributed by atoms with E-state index in [0.717, 1.165) is 16.9 Å². The van der Waals surface area contributed by atoms with Crippen LogP contribution in [0, 0.1) is 6.92 Å². The van der Waals surface area contributed by atoms with Crippen LogP contribution in [0.5, 0.6) is 0 Å². The Labute approximate surface area is 202 Å². The summed E-state index contributed by atoms with van der Waals surface area (Å²) in [6.07, 6.45) is -4.40. The molecule has 5 rings (SSSR count). The Morgan fingerprint density at radius 3 is 2.46 bits per heavy atom. The van der Waals surface area contributed by atoms with Crippen molar-refractivity contribution in [1.82, 2.24) is 19.1 Å². The van der Waals surface area contributed by atoms with Gasteiger partial charge < -0.3 is 9.88 Å². The Morgan fingerprint density at radius 1 is 1.00 bits per heavy atom. The maximum Gasteiger partial charge on any atom is 0.405 e. The lowest BCUT2D eigenvalue weighted by Gasteiger charge is -2.15. The number of alkyl halides is 3. The molecule has 10 heteroatoms. The third-order valence-electron chi connectivity index (χ3n) is 5.82. The molecule has 0 aliphatic heterocycles. The van der Waals surface area contributed by atoms with Crippen LogP contribution in [-0.4, -0.2) is 31.8 Å². The van der Waals surface area contributed by atoms with Crippen molar-refractivity contribution in [1.29, 1.82) is 0 Å². The number of hydrogen-bond donors (Lipinski definition) is 1. The van der Waals surface area contributed by atoms with Crippen LogP contribution >= 0.6 is 11.6 Å². The quantitative estimate of drug-likeness (QED) is 0.337. The summed E-state index contributed by atoms with van der Waals surface area (Å²) in [6, 6.07) is 17.0. The van der Waals surface area contributed by atoms with E-state index < -0.39 is 12.7 Å². The van der Waals surface area contributed by atoms with Gasteiger partial charge in [0.05, 0.1) is 16.7 Å². The standard InChI is InChI=1S/C25H19ClF3N5O/c1-14-31-20-9-3-15(12-21(20)33(14)2)19-11-16-4-10-22(30-13-25(27,28)29)32-23(16)34(24(19)35)18-7-5-17(26)6-8-18/h3-12H,13H2,1-2H3,(H,30,32). The predicted octanol–water partition coefficient (Wildman–Crippen LogP) is 5.88. The monoisotopic (exact) mass is 497 g/mol. The SMILES string of the molecule is Cc1nc2ccc(-c3cc4ccc(NCC(F)(F)F)nc4n(-c4ccc(Cl)cc4)c3=O)cc2n1C. The van der Waals surface area contributed by atoms with Gasteiger partial charge in [-0.15, -0.1) is 0 Å². The zero-order valence-electron chi connectivity index (χ0n) is 18.7. The Balaban J connectivity index is 1.74. The number of benzene rings is 2. The second-order valence-corrected chi connectivity index (χ2v) is 8.61. The number of aryl methyl sites for hydroxylation is 2. The number of rotatable bonds is 4. The molecule has 0 unspecified atom stereocenters. The van der Waals surface area contributed by atoms with Crippen molar-refractivity contribution < 1.29 is 13.2 Å². The van der Waals surface area contributed by atoms with Crippen molar-refractivity contribution in [2.24, 2.45) is 7.05 Å². The Bertz CT molecular complexity index is 1640. The number of anilines is 1. The summed E-state index contributed by atoms with van der Waals surface area (Å²) in [6.45, 7) is 0.665. The Hall–Kier alpha value is -3.85. The van der Waals surface area contributed by atoms with Gasteiger partial charge in [0.15, 0.2) is 0 Å². The van der Waals surface area contributed by atoms with Crippen LogP contribution in [0.3, 0.4) is 0 Å². The highest BCUT2D eigenvalue weighted by Crippen LogP contribution is 2.27. The molecule has 0 bridgehead atoms. The van der Waals surface area contributed by atoms with Crippen molar-refractivity contribution >= 4 is 39.5 Å². The van der Waals surface area contributed by atoms with Gasteiger partial charge in [0.1, 0.15) is 23.8 Å². The molecule has 3 heterocycles. The van der Waals surface area contributed by atoms with Gasteiger partial charge in [0.2, 0.25) is 0 Å². The van der Waals surface area contributed by atoms with Crippen molar-refractivity contribution in [2.75, 3.05) is 11.9 Å². The molecule has 2 aromatic carbocycles. The fourth-order valence-electron chi connectivity index (χ4n) is 3.99. The normalized spacial score (nSPS) is 11.9. The summed E-state index contributed by atoms with van der Waals surface area (Å²) in [5, 5.41) is 3.35. The fraction of sp³-hybridized carbons (Fsp3) is 0.160. The molecule has 0 saturated heterocycles. The molecule has 178 valence electrons. The molecule has 1 N–H and O–H groups in total. The van der Waals surface area contributed by atoms with Gasteiger partial charge in [0, 0.05) is 23.0 Å². The molecule has 35 heavy (non-hydrogen) atoms. The Morgan fingerprint density at radius 2 is 1.74 bits per heavy atom. The van der Waals surface area contributed by atoms with Gasteiger partial charge in [-0.3, -0.25) is 9.36 Å². The molecule has 0 aliphatic rings. The van der Waals surface area contributed by atoms with E-state index in [1.807, 2.05) is 36.7 Å². The molecular formula is C25H19ClF3N5O. The smallest absolute Gasteiger partial charge is 0.361 e. The van der Waals surface area contributed by atoms with Gasteiger partial charge in [-0.1, -0.05) is 17.7 Å². The molecule has 0 spiro atoms. The molecular weight excluding hydrogens is 479 g/mol. The number of aromatic nitrogens is 4. The second-order valence-electron chi connectivity index (χ2n) is 8.17. The van der Waals surface area contributed by atoms with Crippen LogP contribution in [0.2, 0.25) is 5.02 Å². The molecule has 5 aromatic rings. The summed E-state index contributed by atoms with van der Waals surface area (Å²) in [7, 11) is 1.90. The number of imidazole rings is 1. The number of fused-ring (bicyclic) bond motifs is 2. The maximum atomic E-state index is 13.8. The minimum absolute atomic E-state index is 0.0106. The molecule has 6 nitrogen and oxygen atoms in total. The minimum Gasteiger partial charge on any atom is -0.361 e. The highest BCUT2D eigenvalue weighted by Gasteiger charge is 2.27. The molecule has 0 fully saturated rings. The summed E-state index contributed by atoms with van der Waals surface area (Å²) in [5.74, 6) is 0.855. The lowest BCUT2D eigenvalue weighted by Crippen LogP contribution is -2.23. The van der Waals surface area contributed by atoms with Crippen molar-refractivity contribution in [3.8, 4) is 16.8 Å². The number of nitrogens with one attached hydrogen (secondary N) is 1. The first-order valence-corrected chi connectivity index (χ1v) is 11.1. The molecule has 0 amide bonds. The summed E-state index contributed by atoms with van der Waals surface area (Å²) >= 11 is 6.04. The Kier molecular flexibility index (Phi) is 5.52. The van der Waals surface area contributed by atoms with Crippen LogP contribution < -0.4 is 10.9 Å². The van der Waals surface area contributed by atoms with Crippen molar-refractivity contribution in [2.45, 2.75) is 13.1 Å². The first kappa shape index (κ1) is 22.9. The lowest BCUT2D eigenvalue weighted by atomic mass is 10.0. The van der Waals surface area contributed by atoms with Gasteiger partial charge >= 0.3 is 6.18 Å². The van der Waals surface area contributed by atoms with Gasteiger partial charge in [-0.05, 0) is 67.1 Å². The van der Waals surface area contributed by atoms with E-state index in [2.05, 4.69) is 15.3 Å². The topological polar surface area (TPSA) is 64.7 Å². The third kappa shape index (κ3) is 4.35. The van der Waals surface area contributed by atoms with Crippen LogP contribution in [0.4, 0.5) is 19.0 Å². The lowest BCUT2D eigenvalue weighted by molar-refractivity contribution is -0.115. The summed E-state index contributed by atoms with van der Waals surface area (Å²) in [4.78, 5) is 22.6. The third-order valence-corrected chi connectivity index (χ3v) is 6.07. The van der Waals surface area contributed by atoms with E-state index in [9.17, 15) is 18.0 Å². The zero-order valence-corrected chi connectivity index (χ0v) is 19.4. The molecule has 0 radical (unpaired) electrons. The summed E-state index contributed by atoms with van der Waals surface area (Å²) < 4.78 is 41.5. The number of pyridine rings is 2. The van der Waals surface area contributed by atoms with E-state index in [-0.39, 0.29) is 17.0 Å². The fourth-order valence-corrected chi connectivity index (χ4v) is 4.11. The first-order valence-electron chi connectivity index (χ1n) is 10.7. The van der Waals surface area contributed by atoms with E-state index in [1.54, 1.807) is 36.4 Å². The molecule has 3 aromatic heterocycles. The van der Waals surface area contributed by atoms with Gasteiger partial charge in [-0.25, -0.2) is 9.97 Å². The number of nitrogens with zero attached hydrogens (tertiary/aromatic N) is 4. The van der Waals surface area contributed by atoms with Crippen LogP contribution in [0.15, 0.2) is 65.5 Å². The first-order chi connectivity index (χ1) is 16.6. The average molecular weight is 498 g/mol. The predicted molar refractivity (Wildman–Crippen MR) is 131 cm³/mol. The molecule has 0 aliphatic carbocycles. The maximum absolute atomic E-state index is 13.8. The second kappa shape index (κ2) is 8.42. The molecule has 0 saturated carbocycles. The van der Waals surface area contributed by atoms with Gasteiger partial charge in [-0.2, -0.15) is 13.2 Å². The number of hydrogen-bond acceptors (Lipinski definition) is 4. The number of halogens is 4. The van der Waals surface area contributed by atoms with Crippen LogP contribution in [0.1, 0.15) is 5.82 Å². The minimum atomic E-state index is -4.40.